The predicted molar refractivity (Wildman–Crippen MR) is 68.9 cm³/mol. The van der Waals surface area contributed by atoms with Crippen molar-refractivity contribution in [1.29, 1.82) is 0 Å². The first-order chi connectivity index (χ1) is 8.07. The molecule has 0 spiro atoms. The minimum atomic E-state index is -0.415. The first-order valence-electron chi connectivity index (χ1n) is 7.17. The summed E-state index contributed by atoms with van der Waals surface area (Å²) in [5.41, 5.74) is -0.415. The predicted octanol–water partition coefficient (Wildman–Crippen LogP) is 3.59. The van der Waals surface area contributed by atoms with E-state index >= 15 is 0 Å². The van der Waals surface area contributed by atoms with Crippen LogP contribution in [0.15, 0.2) is 0 Å². The number of ketones is 1. The lowest BCUT2D eigenvalue weighted by molar-refractivity contribution is -0.146. The molecule has 0 amide bonds. The van der Waals surface area contributed by atoms with Gasteiger partial charge in [0.1, 0.15) is 5.60 Å². The zero-order chi connectivity index (χ0) is 12.5. The molecule has 2 atom stereocenters. The first kappa shape index (κ1) is 13.1. The summed E-state index contributed by atoms with van der Waals surface area (Å²) in [5.74, 6) is 2.06. The Morgan fingerprint density at radius 3 is 2.06 bits per heavy atom. The number of hydrogen-bond donors (Lipinski definition) is 0. The summed E-state index contributed by atoms with van der Waals surface area (Å²) in [6.07, 6.45) is 7.63. The normalized spacial score (nSPS) is 37.0. The van der Waals surface area contributed by atoms with Crippen LogP contribution in [-0.2, 0) is 9.53 Å². The minimum Gasteiger partial charge on any atom is -0.370 e. The topological polar surface area (TPSA) is 26.3 Å². The van der Waals surface area contributed by atoms with Crippen LogP contribution in [0.25, 0.3) is 0 Å². The van der Waals surface area contributed by atoms with Crippen molar-refractivity contribution >= 4 is 5.78 Å². The molecule has 0 aromatic heterocycles. The maximum Gasteiger partial charge on any atom is 0.167 e. The third-order valence-electron chi connectivity index (χ3n) is 4.80. The smallest absolute Gasteiger partial charge is 0.167 e. The van der Waals surface area contributed by atoms with Gasteiger partial charge in [-0.25, -0.2) is 0 Å². The summed E-state index contributed by atoms with van der Waals surface area (Å²) in [6.45, 7) is 4.56. The Morgan fingerprint density at radius 2 is 1.59 bits per heavy atom. The highest BCUT2D eigenvalue weighted by atomic mass is 16.5. The fourth-order valence-electron chi connectivity index (χ4n) is 4.03. The summed E-state index contributed by atoms with van der Waals surface area (Å²) in [4.78, 5) is 12.7. The van der Waals surface area contributed by atoms with Gasteiger partial charge in [-0.15, -0.1) is 0 Å². The van der Waals surface area contributed by atoms with Crippen LogP contribution < -0.4 is 0 Å². The van der Waals surface area contributed by atoms with E-state index in [4.69, 9.17) is 4.74 Å². The number of Topliss-reactive ketones (excluding diaryl/α,β-unsaturated/α-hetero) is 1. The maximum atomic E-state index is 12.7. The molecule has 2 aliphatic carbocycles. The Balaban J connectivity index is 2.08. The Labute approximate surface area is 105 Å². The van der Waals surface area contributed by atoms with Gasteiger partial charge in [-0.3, -0.25) is 4.79 Å². The van der Waals surface area contributed by atoms with Crippen molar-refractivity contribution in [2.45, 2.75) is 64.4 Å². The Kier molecular flexibility index (Phi) is 3.92. The SMILES string of the molecule is COC1(C(=O)C2CC(C)CC(C)C2)CCCC1. The Bertz CT molecular complexity index is 269. The molecule has 0 aromatic rings. The van der Waals surface area contributed by atoms with Gasteiger partial charge in [-0.05, 0) is 56.8 Å². The van der Waals surface area contributed by atoms with E-state index in [1.54, 1.807) is 7.11 Å². The third kappa shape index (κ3) is 2.57. The van der Waals surface area contributed by atoms with E-state index in [2.05, 4.69) is 13.8 Å². The van der Waals surface area contributed by atoms with Gasteiger partial charge in [0, 0.05) is 13.0 Å². The number of ether oxygens (including phenoxy) is 1. The van der Waals surface area contributed by atoms with Gasteiger partial charge >= 0.3 is 0 Å². The number of hydrogen-bond acceptors (Lipinski definition) is 2. The van der Waals surface area contributed by atoms with Crippen LogP contribution in [0.3, 0.4) is 0 Å². The van der Waals surface area contributed by atoms with Crippen LogP contribution in [-0.4, -0.2) is 18.5 Å². The molecule has 2 heteroatoms. The lowest BCUT2D eigenvalue weighted by Crippen LogP contribution is -2.44. The number of carbonyl (C=O) groups excluding carboxylic acids is 1. The van der Waals surface area contributed by atoms with Crippen LogP contribution in [0.1, 0.15) is 58.8 Å². The Hall–Kier alpha value is -0.370. The molecule has 0 radical (unpaired) electrons. The zero-order valence-corrected chi connectivity index (χ0v) is 11.5. The van der Waals surface area contributed by atoms with E-state index < -0.39 is 5.60 Å². The first-order valence-corrected chi connectivity index (χ1v) is 7.17. The molecule has 2 rings (SSSR count). The number of rotatable bonds is 3. The highest BCUT2D eigenvalue weighted by Crippen LogP contribution is 2.41. The summed E-state index contributed by atoms with van der Waals surface area (Å²) >= 11 is 0. The van der Waals surface area contributed by atoms with Crippen molar-refractivity contribution in [3.63, 3.8) is 0 Å². The van der Waals surface area contributed by atoms with Crippen LogP contribution in [0.2, 0.25) is 0 Å². The van der Waals surface area contributed by atoms with E-state index in [1.165, 1.54) is 6.42 Å². The van der Waals surface area contributed by atoms with Crippen molar-refractivity contribution in [3.8, 4) is 0 Å². The van der Waals surface area contributed by atoms with Gasteiger partial charge in [-0.1, -0.05) is 13.8 Å². The molecule has 2 fully saturated rings. The largest absolute Gasteiger partial charge is 0.370 e. The summed E-state index contributed by atoms with van der Waals surface area (Å²) < 4.78 is 5.63. The van der Waals surface area contributed by atoms with Crippen LogP contribution in [0, 0.1) is 17.8 Å². The number of carbonyl (C=O) groups is 1. The minimum absolute atomic E-state index is 0.256. The molecule has 0 N–H and O–H groups in total. The van der Waals surface area contributed by atoms with Crippen molar-refractivity contribution in [1.82, 2.24) is 0 Å². The second kappa shape index (κ2) is 5.09. The molecular weight excluding hydrogens is 212 g/mol. The van der Waals surface area contributed by atoms with E-state index in [9.17, 15) is 4.79 Å². The fraction of sp³-hybridized carbons (Fsp3) is 0.933. The lowest BCUT2D eigenvalue weighted by atomic mass is 9.71. The van der Waals surface area contributed by atoms with Crippen LogP contribution in [0.5, 0.6) is 0 Å². The second-order valence-corrected chi connectivity index (χ2v) is 6.38. The van der Waals surface area contributed by atoms with Crippen LogP contribution in [0.4, 0.5) is 0 Å². The molecule has 2 nitrogen and oxygen atoms in total. The van der Waals surface area contributed by atoms with Gasteiger partial charge in [0.25, 0.3) is 0 Å². The van der Waals surface area contributed by atoms with Crippen LogP contribution >= 0.6 is 0 Å². The lowest BCUT2D eigenvalue weighted by Gasteiger charge is -2.36. The molecule has 98 valence electrons. The molecule has 0 bridgehead atoms. The quantitative estimate of drug-likeness (QED) is 0.751. The molecule has 2 aliphatic rings. The average Bonchev–Trinajstić information content (AvgIpc) is 2.76. The molecule has 0 heterocycles. The van der Waals surface area contributed by atoms with Crippen molar-refractivity contribution in [2.24, 2.45) is 17.8 Å². The van der Waals surface area contributed by atoms with Crippen molar-refractivity contribution < 1.29 is 9.53 Å². The van der Waals surface area contributed by atoms with Gasteiger partial charge in [-0.2, -0.15) is 0 Å². The van der Waals surface area contributed by atoms with Gasteiger partial charge in [0.05, 0.1) is 0 Å². The van der Waals surface area contributed by atoms with Crippen molar-refractivity contribution in [2.75, 3.05) is 7.11 Å². The van der Waals surface area contributed by atoms with Gasteiger partial charge < -0.3 is 4.74 Å². The highest BCUT2D eigenvalue weighted by molar-refractivity contribution is 5.89. The second-order valence-electron chi connectivity index (χ2n) is 6.38. The summed E-state index contributed by atoms with van der Waals surface area (Å²) in [6, 6.07) is 0. The van der Waals surface area contributed by atoms with E-state index in [1.807, 2.05) is 0 Å². The average molecular weight is 238 g/mol. The highest BCUT2D eigenvalue weighted by Gasteiger charge is 2.45. The molecule has 2 unspecified atom stereocenters. The van der Waals surface area contributed by atoms with Crippen molar-refractivity contribution in [3.05, 3.63) is 0 Å². The summed E-state index contributed by atoms with van der Waals surface area (Å²) in [5, 5.41) is 0. The standard InChI is InChI=1S/C15H26O2/c1-11-8-12(2)10-13(9-11)14(16)15(17-3)6-4-5-7-15/h11-13H,4-10H2,1-3H3. The molecule has 17 heavy (non-hydrogen) atoms. The number of methoxy groups -OCH3 is 1. The third-order valence-corrected chi connectivity index (χ3v) is 4.80. The fourth-order valence-corrected chi connectivity index (χ4v) is 4.03. The molecule has 2 saturated carbocycles. The Morgan fingerprint density at radius 1 is 1.06 bits per heavy atom. The van der Waals surface area contributed by atoms with E-state index in [-0.39, 0.29) is 5.92 Å². The zero-order valence-electron chi connectivity index (χ0n) is 11.5. The maximum absolute atomic E-state index is 12.7. The van der Waals surface area contributed by atoms with Gasteiger partial charge in [0.15, 0.2) is 5.78 Å². The van der Waals surface area contributed by atoms with E-state index in [0.29, 0.717) is 17.6 Å². The van der Waals surface area contributed by atoms with E-state index in [0.717, 1.165) is 38.5 Å². The molecule has 0 aromatic carbocycles. The monoisotopic (exact) mass is 238 g/mol. The molecule has 0 aliphatic heterocycles. The van der Waals surface area contributed by atoms with Gasteiger partial charge in [0.2, 0.25) is 0 Å². The molecule has 0 saturated heterocycles. The molecular formula is C15H26O2. The summed E-state index contributed by atoms with van der Waals surface area (Å²) in [7, 11) is 1.72.